The van der Waals surface area contributed by atoms with E-state index in [1.165, 1.54) is 0 Å². The lowest BCUT2D eigenvalue weighted by Crippen LogP contribution is -2.49. The molecule has 4 N–H and O–H groups in total. The Labute approximate surface area is 223 Å². The molecule has 0 unspecified atom stereocenters. The summed E-state index contributed by atoms with van der Waals surface area (Å²) in [6, 6.07) is 25.8. The first-order valence-corrected chi connectivity index (χ1v) is 12.9. The predicted molar refractivity (Wildman–Crippen MR) is 150 cm³/mol. The van der Waals surface area contributed by atoms with Gasteiger partial charge in [-0.05, 0) is 61.1 Å². The van der Waals surface area contributed by atoms with Crippen LogP contribution in [-0.4, -0.2) is 33.6 Å². The Morgan fingerprint density at radius 2 is 1.74 bits per heavy atom. The Bertz CT molecular complexity index is 1420. The number of H-pyrrole nitrogens is 1. The topological polar surface area (TPSA) is 104 Å². The summed E-state index contributed by atoms with van der Waals surface area (Å²) in [6.07, 6.45) is 3.16. The SMILES string of the molecule is CC(C)(N)CC(=O)N[C@@H]1CCc2ccccc2N(Cc2ccc(-c3ccccc3-c3ccn[nH]3)cc2)C1=O. The van der Waals surface area contributed by atoms with Gasteiger partial charge >= 0.3 is 0 Å². The van der Waals surface area contributed by atoms with Gasteiger partial charge in [-0.2, -0.15) is 5.10 Å². The maximum atomic E-state index is 13.7. The van der Waals surface area contributed by atoms with Gasteiger partial charge in [0.25, 0.3) is 0 Å². The molecule has 7 nitrogen and oxygen atoms in total. The Morgan fingerprint density at radius 3 is 2.45 bits per heavy atom. The molecule has 4 aromatic rings. The van der Waals surface area contributed by atoms with Crippen molar-refractivity contribution in [1.29, 1.82) is 0 Å². The van der Waals surface area contributed by atoms with Crippen LogP contribution >= 0.6 is 0 Å². The van der Waals surface area contributed by atoms with Crippen LogP contribution in [0.25, 0.3) is 22.4 Å². The molecule has 2 heterocycles. The Hall–Kier alpha value is -4.23. The van der Waals surface area contributed by atoms with Crippen molar-refractivity contribution in [3.05, 3.63) is 96.2 Å². The van der Waals surface area contributed by atoms with Crippen molar-refractivity contribution in [2.24, 2.45) is 5.73 Å². The zero-order valence-corrected chi connectivity index (χ0v) is 21.8. The van der Waals surface area contributed by atoms with Crippen LogP contribution in [0, 0.1) is 0 Å². The molecule has 7 heteroatoms. The van der Waals surface area contributed by atoms with Crippen molar-refractivity contribution in [2.75, 3.05) is 4.90 Å². The molecule has 1 aliphatic heterocycles. The van der Waals surface area contributed by atoms with Crippen LogP contribution in [0.1, 0.15) is 37.8 Å². The van der Waals surface area contributed by atoms with Crippen LogP contribution in [0.15, 0.2) is 85.1 Å². The number of aryl methyl sites for hydroxylation is 1. The summed E-state index contributed by atoms with van der Waals surface area (Å²) in [5.41, 5.74) is 12.6. The van der Waals surface area contributed by atoms with Gasteiger partial charge in [0.05, 0.1) is 12.2 Å². The van der Waals surface area contributed by atoms with Gasteiger partial charge in [-0.15, -0.1) is 0 Å². The van der Waals surface area contributed by atoms with Gasteiger partial charge in [-0.3, -0.25) is 14.7 Å². The largest absolute Gasteiger partial charge is 0.344 e. The van der Waals surface area contributed by atoms with Gasteiger partial charge in [-0.1, -0.05) is 66.7 Å². The molecular formula is C31H33N5O2. The second kappa shape index (κ2) is 10.6. The van der Waals surface area contributed by atoms with E-state index in [9.17, 15) is 9.59 Å². The third-order valence-corrected chi connectivity index (χ3v) is 6.82. The van der Waals surface area contributed by atoms with E-state index in [2.05, 4.69) is 58.0 Å². The first kappa shape index (κ1) is 25.4. The number of aromatic amines is 1. The normalized spacial score (nSPS) is 15.6. The number of hydrogen-bond acceptors (Lipinski definition) is 4. The number of carbonyl (C=O) groups is 2. The van der Waals surface area contributed by atoms with Crippen molar-refractivity contribution in [3.63, 3.8) is 0 Å². The number of anilines is 1. The van der Waals surface area contributed by atoms with Gasteiger partial charge in [0.1, 0.15) is 6.04 Å². The molecule has 194 valence electrons. The minimum Gasteiger partial charge on any atom is -0.344 e. The summed E-state index contributed by atoms with van der Waals surface area (Å²) in [4.78, 5) is 28.2. The third-order valence-electron chi connectivity index (χ3n) is 6.82. The van der Waals surface area contributed by atoms with Crippen LogP contribution in [-0.2, 0) is 22.6 Å². The number of nitrogens with two attached hydrogens (primary N) is 1. The lowest BCUT2D eigenvalue weighted by atomic mass is 9.97. The summed E-state index contributed by atoms with van der Waals surface area (Å²) in [5.74, 6) is -0.311. The molecule has 0 aliphatic carbocycles. The zero-order chi connectivity index (χ0) is 26.7. The molecule has 1 atom stereocenters. The van der Waals surface area contributed by atoms with Crippen LogP contribution in [0.4, 0.5) is 5.69 Å². The number of aromatic nitrogens is 2. The second-order valence-electron chi connectivity index (χ2n) is 10.6. The highest BCUT2D eigenvalue weighted by molar-refractivity contribution is 6.00. The molecule has 3 aromatic carbocycles. The standard InChI is InChI=1S/C31H33N5O2/c1-31(2,32)19-29(37)34-27-16-15-23-7-3-6-10-28(23)36(30(27)38)20-21-11-13-22(14-12-21)24-8-4-5-9-25(24)26-17-18-33-35-26/h3-14,17-18,27H,15-16,19-20,32H2,1-2H3,(H,33,35)(H,34,37)/t27-/m1/s1. The lowest BCUT2D eigenvalue weighted by Gasteiger charge is -2.27. The molecular weight excluding hydrogens is 474 g/mol. The van der Waals surface area contributed by atoms with Crippen molar-refractivity contribution in [3.8, 4) is 22.4 Å². The van der Waals surface area contributed by atoms with Crippen molar-refractivity contribution in [2.45, 2.75) is 51.2 Å². The number of nitrogens with zero attached hydrogens (tertiary/aromatic N) is 2. The molecule has 0 fully saturated rings. The number of amides is 2. The minimum atomic E-state index is -0.641. The number of carbonyl (C=O) groups excluding carboxylic acids is 2. The first-order valence-electron chi connectivity index (χ1n) is 12.9. The lowest BCUT2D eigenvalue weighted by molar-refractivity contribution is -0.128. The molecule has 5 rings (SSSR count). The van der Waals surface area contributed by atoms with E-state index in [1.807, 2.05) is 36.4 Å². The number of benzene rings is 3. The highest BCUT2D eigenvalue weighted by atomic mass is 16.2. The number of hydrogen-bond donors (Lipinski definition) is 3. The Kier molecular flexibility index (Phi) is 7.11. The van der Waals surface area contributed by atoms with E-state index in [-0.39, 0.29) is 18.2 Å². The molecule has 0 saturated heterocycles. The molecule has 1 aliphatic rings. The number of rotatable bonds is 7. The van der Waals surface area contributed by atoms with E-state index in [0.717, 1.165) is 39.2 Å². The molecule has 0 saturated carbocycles. The maximum absolute atomic E-state index is 13.7. The van der Waals surface area contributed by atoms with Crippen molar-refractivity contribution in [1.82, 2.24) is 15.5 Å². The summed E-state index contributed by atoms with van der Waals surface area (Å²) in [6.45, 7) is 4.02. The van der Waals surface area contributed by atoms with E-state index >= 15 is 0 Å². The Morgan fingerprint density at radius 1 is 1.03 bits per heavy atom. The fourth-order valence-corrected chi connectivity index (χ4v) is 5.02. The molecule has 0 spiro atoms. The first-order chi connectivity index (χ1) is 18.3. The van der Waals surface area contributed by atoms with Gasteiger partial charge < -0.3 is 16.0 Å². The average Bonchev–Trinajstić information content (AvgIpc) is 3.40. The van der Waals surface area contributed by atoms with Crippen LogP contribution < -0.4 is 16.0 Å². The van der Waals surface area contributed by atoms with E-state index in [1.54, 1.807) is 24.9 Å². The number of para-hydroxylation sites is 1. The Balaban J connectivity index is 1.40. The third kappa shape index (κ3) is 5.68. The fraction of sp³-hybridized carbons (Fsp3) is 0.258. The van der Waals surface area contributed by atoms with Crippen LogP contribution in [0.5, 0.6) is 0 Å². The minimum absolute atomic E-state index is 0.105. The zero-order valence-electron chi connectivity index (χ0n) is 21.8. The van der Waals surface area contributed by atoms with Gasteiger partial charge in [0.2, 0.25) is 11.8 Å². The smallest absolute Gasteiger partial charge is 0.249 e. The quantitative estimate of drug-likeness (QED) is 0.333. The monoisotopic (exact) mass is 507 g/mol. The number of fused-ring (bicyclic) bond motifs is 1. The van der Waals surface area contributed by atoms with Gasteiger partial charge in [-0.25, -0.2) is 0 Å². The maximum Gasteiger partial charge on any atom is 0.249 e. The number of nitrogens with one attached hydrogen (secondary N) is 2. The summed E-state index contributed by atoms with van der Waals surface area (Å²) in [5, 5.41) is 10.1. The second-order valence-corrected chi connectivity index (χ2v) is 10.6. The van der Waals surface area contributed by atoms with E-state index in [4.69, 9.17) is 5.73 Å². The van der Waals surface area contributed by atoms with Crippen molar-refractivity contribution < 1.29 is 9.59 Å². The summed E-state index contributed by atoms with van der Waals surface area (Å²) < 4.78 is 0. The highest BCUT2D eigenvalue weighted by Gasteiger charge is 2.32. The fourth-order valence-electron chi connectivity index (χ4n) is 5.02. The van der Waals surface area contributed by atoms with Crippen LogP contribution in [0.2, 0.25) is 0 Å². The molecule has 1 aromatic heterocycles. The average molecular weight is 508 g/mol. The van der Waals surface area contributed by atoms with E-state index in [0.29, 0.717) is 19.4 Å². The summed E-state index contributed by atoms with van der Waals surface area (Å²) in [7, 11) is 0. The molecule has 2 amide bonds. The molecule has 38 heavy (non-hydrogen) atoms. The van der Waals surface area contributed by atoms with Crippen LogP contribution in [0.3, 0.4) is 0 Å². The molecule has 0 radical (unpaired) electrons. The van der Waals surface area contributed by atoms with Gasteiger partial charge in [0, 0.05) is 29.4 Å². The van der Waals surface area contributed by atoms with Crippen molar-refractivity contribution >= 4 is 17.5 Å². The van der Waals surface area contributed by atoms with Gasteiger partial charge in [0.15, 0.2) is 0 Å². The predicted octanol–water partition coefficient (Wildman–Crippen LogP) is 4.84. The van der Waals surface area contributed by atoms with E-state index < -0.39 is 11.6 Å². The highest BCUT2D eigenvalue weighted by Crippen LogP contribution is 2.32. The molecule has 0 bridgehead atoms. The summed E-state index contributed by atoms with van der Waals surface area (Å²) >= 11 is 0.